The molecule has 5 nitrogen and oxygen atoms in total. The summed E-state index contributed by atoms with van der Waals surface area (Å²) in [5.74, 6) is 0.126. The van der Waals surface area contributed by atoms with Gasteiger partial charge in [-0.1, -0.05) is 42.5 Å². The predicted molar refractivity (Wildman–Crippen MR) is 97.9 cm³/mol. The fourth-order valence-electron chi connectivity index (χ4n) is 2.70. The Morgan fingerprint density at radius 3 is 1.96 bits per heavy atom. The zero-order valence-electron chi connectivity index (χ0n) is 13.2. The molecule has 6 N–H and O–H groups in total. The van der Waals surface area contributed by atoms with Crippen LogP contribution < -0.4 is 11.5 Å². The maximum absolute atomic E-state index is 7.48. The molecular formula is C19H19N5. The van der Waals surface area contributed by atoms with Crippen molar-refractivity contribution in [2.24, 2.45) is 11.5 Å². The second-order valence-electron chi connectivity index (χ2n) is 5.72. The standard InChI is InChI=1S/C19H19N5/c20-18(21)15-7-5-13(6-8-15)12-1-3-14(4-2-12)16-9-10-17(19(22)23)24-11-16/h1-5,7,9-11H,6,8H2,(H3,20,21)(H3,22,23). The zero-order chi connectivity index (χ0) is 17.1. The van der Waals surface area contributed by atoms with E-state index in [-0.39, 0.29) is 11.7 Å². The second kappa shape index (κ2) is 6.50. The van der Waals surface area contributed by atoms with Crippen molar-refractivity contribution in [1.82, 2.24) is 4.98 Å². The van der Waals surface area contributed by atoms with Crippen molar-refractivity contribution in [3.8, 4) is 11.1 Å². The van der Waals surface area contributed by atoms with E-state index in [1.165, 1.54) is 11.1 Å². The lowest BCUT2D eigenvalue weighted by molar-refractivity contribution is 1.01. The van der Waals surface area contributed by atoms with Crippen LogP contribution in [0.5, 0.6) is 0 Å². The number of nitrogens with two attached hydrogens (primary N) is 2. The fraction of sp³-hybridized carbons (Fsp3) is 0.105. The smallest absolute Gasteiger partial charge is 0.141 e. The molecule has 0 bridgehead atoms. The third-order valence-corrected chi connectivity index (χ3v) is 4.12. The Labute approximate surface area is 140 Å². The molecule has 24 heavy (non-hydrogen) atoms. The molecule has 1 aliphatic rings. The molecule has 120 valence electrons. The molecule has 0 saturated heterocycles. The minimum absolute atomic E-state index is 0.0286. The lowest BCUT2D eigenvalue weighted by Crippen LogP contribution is -2.14. The largest absolute Gasteiger partial charge is 0.384 e. The number of pyridine rings is 1. The van der Waals surface area contributed by atoms with Crippen LogP contribution in [-0.4, -0.2) is 16.7 Å². The van der Waals surface area contributed by atoms with Crippen molar-refractivity contribution in [1.29, 1.82) is 10.8 Å². The third kappa shape index (κ3) is 3.25. The van der Waals surface area contributed by atoms with E-state index in [9.17, 15) is 0 Å². The fourth-order valence-corrected chi connectivity index (χ4v) is 2.70. The van der Waals surface area contributed by atoms with E-state index in [1.807, 2.05) is 18.2 Å². The summed E-state index contributed by atoms with van der Waals surface area (Å²) in [6.07, 6.45) is 7.39. The van der Waals surface area contributed by atoms with Gasteiger partial charge in [-0.05, 0) is 41.2 Å². The first-order chi connectivity index (χ1) is 11.5. The SMILES string of the molecule is N=C(N)C1=CC=C(c2ccc(-c3ccc(C(=N)N)nc3)cc2)CC1. The van der Waals surface area contributed by atoms with Crippen LogP contribution in [0.3, 0.4) is 0 Å². The molecule has 0 saturated carbocycles. The Balaban J connectivity index is 1.81. The quantitative estimate of drug-likeness (QED) is 0.513. The molecule has 1 heterocycles. The van der Waals surface area contributed by atoms with Crippen LogP contribution in [-0.2, 0) is 0 Å². The minimum Gasteiger partial charge on any atom is -0.384 e. The molecule has 0 radical (unpaired) electrons. The normalized spacial score (nSPS) is 13.8. The van der Waals surface area contributed by atoms with Gasteiger partial charge in [-0.3, -0.25) is 15.8 Å². The van der Waals surface area contributed by atoms with E-state index < -0.39 is 0 Å². The number of rotatable bonds is 4. The molecule has 3 rings (SSSR count). The first-order valence-corrected chi connectivity index (χ1v) is 7.70. The third-order valence-electron chi connectivity index (χ3n) is 4.12. The molecule has 0 amide bonds. The Morgan fingerprint density at radius 1 is 0.792 bits per heavy atom. The van der Waals surface area contributed by atoms with Gasteiger partial charge in [-0.2, -0.15) is 0 Å². The molecule has 0 spiro atoms. The van der Waals surface area contributed by atoms with E-state index in [0.29, 0.717) is 5.69 Å². The van der Waals surface area contributed by atoms with Crippen molar-refractivity contribution in [2.75, 3.05) is 0 Å². The lowest BCUT2D eigenvalue weighted by atomic mass is 9.92. The Kier molecular flexibility index (Phi) is 4.24. The van der Waals surface area contributed by atoms with Crippen molar-refractivity contribution in [3.63, 3.8) is 0 Å². The van der Waals surface area contributed by atoms with Crippen LogP contribution in [0.1, 0.15) is 24.1 Å². The van der Waals surface area contributed by atoms with Gasteiger partial charge in [0.25, 0.3) is 0 Å². The molecule has 2 aromatic rings. The maximum atomic E-state index is 7.48. The van der Waals surface area contributed by atoms with Crippen LogP contribution in [0.2, 0.25) is 0 Å². The maximum Gasteiger partial charge on any atom is 0.141 e. The Morgan fingerprint density at radius 2 is 1.46 bits per heavy atom. The highest BCUT2D eigenvalue weighted by atomic mass is 14.8. The summed E-state index contributed by atoms with van der Waals surface area (Å²) < 4.78 is 0. The van der Waals surface area contributed by atoms with Crippen LogP contribution in [0, 0.1) is 10.8 Å². The summed E-state index contributed by atoms with van der Waals surface area (Å²) >= 11 is 0. The molecule has 1 aromatic heterocycles. The molecule has 0 unspecified atom stereocenters. The number of nitrogens with zero attached hydrogens (tertiary/aromatic N) is 1. The average molecular weight is 317 g/mol. The lowest BCUT2D eigenvalue weighted by Gasteiger charge is -2.14. The van der Waals surface area contributed by atoms with E-state index in [4.69, 9.17) is 22.3 Å². The first kappa shape index (κ1) is 15.7. The number of benzene rings is 1. The summed E-state index contributed by atoms with van der Waals surface area (Å²) in [6.45, 7) is 0. The average Bonchev–Trinajstić information content (AvgIpc) is 2.62. The van der Waals surface area contributed by atoms with Gasteiger partial charge in [0.05, 0.1) is 0 Å². The molecule has 0 fully saturated rings. The number of hydrogen-bond donors (Lipinski definition) is 4. The van der Waals surface area contributed by atoms with E-state index in [1.54, 1.807) is 12.3 Å². The van der Waals surface area contributed by atoms with Crippen LogP contribution in [0.15, 0.2) is 60.3 Å². The summed E-state index contributed by atoms with van der Waals surface area (Å²) in [5.41, 5.74) is 16.8. The summed E-state index contributed by atoms with van der Waals surface area (Å²) in [7, 11) is 0. The van der Waals surface area contributed by atoms with Crippen molar-refractivity contribution in [2.45, 2.75) is 12.8 Å². The van der Waals surface area contributed by atoms with E-state index in [2.05, 4.69) is 29.2 Å². The molecule has 0 aliphatic heterocycles. The van der Waals surface area contributed by atoms with Gasteiger partial charge >= 0.3 is 0 Å². The number of hydrogen-bond acceptors (Lipinski definition) is 3. The molecule has 0 atom stereocenters. The van der Waals surface area contributed by atoms with Gasteiger partial charge in [-0.25, -0.2) is 0 Å². The highest BCUT2D eigenvalue weighted by Gasteiger charge is 2.10. The highest BCUT2D eigenvalue weighted by molar-refractivity contribution is 5.96. The van der Waals surface area contributed by atoms with Gasteiger partial charge < -0.3 is 11.5 Å². The van der Waals surface area contributed by atoms with Gasteiger partial charge in [0.2, 0.25) is 0 Å². The Bertz CT molecular complexity index is 842. The molecule has 1 aromatic carbocycles. The molecular weight excluding hydrogens is 298 g/mol. The van der Waals surface area contributed by atoms with Gasteiger partial charge in [0, 0.05) is 11.8 Å². The minimum atomic E-state index is -0.0286. The van der Waals surface area contributed by atoms with Crippen LogP contribution in [0.4, 0.5) is 0 Å². The zero-order valence-corrected chi connectivity index (χ0v) is 13.2. The highest BCUT2D eigenvalue weighted by Crippen LogP contribution is 2.28. The predicted octanol–water partition coefficient (Wildman–Crippen LogP) is 3.07. The van der Waals surface area contributed by atoms with Crippen molar-refractivity contribution >= 4 is 17.2 Å². The first-order valence-electron chi connectivity index (χ1n) is 7.70. The molecule has 5 heteroatoms. The topological polar surface area (TPSA) is 113 Å². The Hall–Kier alpha value is -3.21. The number of amidine groups is 2. The second-order valence-corrected chi connectivity index (χ2v) is 5.72. The van der Waals surface area contributed by atoms with Crippen LogP contribution in [0.25, 0.3) is 16.7 Å². The number of nitrogen functional groups attached to an aromatic ring is 1. The van der Waals surface area contributed by atoms with Gasteiger partial charge in [-0.15, -0.1) is 0 Å². The number of aromatic nitrogens is 1. The van der Waals surface area contributed by atoms with Crippen LogP contribution >= 0.6 is 0 Å². The van der Waals surface area contributed by atoms with E-state index in [0.717, 1.165) is 29.5 Å². The van der Waals surface area contributed by atoms with Crippen molar-refractivity contribution in [3.05, 3.63) is 71.6 Å². The summed E-state index contributed by atoms with van der Waals surface area (Å²) in [5, 5.41) is 14.9. The summed E-state index contributed by atoms with van der Waals surface area (Å²) in [6, 6.07) is 12.0. The van der Waals surface area contributed by atoms with Gasteiger partial charge in [0.15, 0.2) is 0 Å². The number of nitrogens with one attached hydrogen (secondary N) is 2. The number of allylic oxidation sites excluding steroid dienone is 3. The van der Waals surface area contributed by atoms with Crippen molar-refractivity contribution < 1.29 is 0 Å². The van der Waals surface area contributed by atoms with E-state index >= 15 is 0 Å². The molecule has 1 aliphatic carbocycles. The van der Waals surface area contributed by atoms with Gasteiger partial charge in [0.1, 0.15) is 17.4 Å². The summed E-state index contributed by atoms with van der Waals surface area (Å²) in [4.78, 5) is 4.19. The monoisotopic (exact) mass is 317 g/mol.